The van der Waals surface area contributed by atoms with Crippen LogP contribution in [0.15, 0.2) is 46.9 Å². The Labute approximate surface area is 160 Å². The Morgan fingerprint density at radius 1 is 1.18 bits per heavy atom. The molecule has 9 heteroatoms. The second-order valence-electron chi connectivity index (χ2n) is 6.42. The minimum Gasteiger partial charge on any atom is -0.460 e. The van der Waals surface area contributed by atoms with Crippen LogP contribution in [-0.2, 0) is 4.74 Å². The van der Waals surface area contributed by atoms with Crippen LogP contribution in [0.2, 0.25) is 0 Å². The van der Waals surface area contributed by atoms with E-state index in [1.165, 1.54) is 16.8 Å². The molecule has 1 saturated heterocycles. The average molecular weight is 382 g/mol. The van der Waals surface area contributed by atoms with Crippen molar-refractivity contribution >= 4 is 11.6 Å². The molecule has 28 heavy (non-hydrogen) atoms. The third-order valence-corrected chi connectivity index (χ3v) is 4.50. The van der Waals surface area contributed by atoms with Crippen molar-refractivity contribution in [1.29, 1.82) is 0 Å². The van der Waals surface area contributed by atoms with Crippen molar-refractivity contribution in [2.45, 2.75) is 6.92 Å². The van der Waals surface area contributed by atoms with Gasteiger partial charge in [-0.3, -0.25) is 14.9 Å². The Balaban J connectivity index is 1.81. The lowest BCUT2D eigenvalue weighted by Gasteiger charge is -2.26. The number of carbonyl (C=O) groups excluding carboxylic acids is 1. The van der Waals surface area contributed by atoms with E-state index in [4.69, 9.17) is 9.15 Å². The van der Waals surface area contributed by atoms with Crippen molar-refractivity contribution in [3.8, 4) is 17.1 Å². The second-order valence-corrected chi connectivity index (χ2v) is 6.42. The Morgan fingerprint density at radius 2 is 1.96 bits per heavy atom. The first-order chi connectivity index (χ1) is 13.5. The first-order valence-electron chi connectivity index (χ1n) is 8.81. The predicted molar refractivity (Wildman–Crippen MR) is 99.4 cm³/mol. The van der Waals surface area contributed by atoms with Crippen LogP contribution in [0, 0.1) is 17.0 Å². The van der Waals surface area contributed by atoms with Crippen LogP contribution < -0.4 is 0 Å². The summed E-state index contributed by atoms with van der Waals surface area (Å²) in [5, 5.41) is 15.7. The van der Waals surface area contributed by atoms with E-state index in [2.05, 4.69) is 5.10 Å². The zero-order chi connectivity index (χ0) is 19.7. The Bertz CT molecular complexity index is 1030. The molecule has 144 valence electrons. The van der Waals surface area contributed by atoms with Crippen molar-refractivity contribution < 1.29 is 18.9 Å². The monoisotopic (exact) mass is 382 g/mol. The van der Waals surface area contributed by atoms with Gasteiger partial charge in [0.1, 0.15) is 17.1 Å². The average Bonchev–Trinajstić information content (AvgIpc) is 3.34. The molecule has 3 heterocycles. The van der Waals surface area contributed by atoms with E-state index < -0.39 is 4.92 Å². The molecular weight excluding hydrogens is 364 g/mol. The number of nitro benzene ring substituents is 1. The van der Waals surface area contributed by atoms with Crippen molar-refractivity contribution in [3.05, 3.63) is 64.0 Å². The van der Waals surface area contributed by atoms with E-state index in [1.54, 1.807) is 29.2 Å². The number of aromatic nitrogens is 2. The summed E-state index contributed by atoms with van der Waals surface area (Å²) in [6.07, 6.45) is 0. The number of nitrogens with zero attached hydrogens (tertiary/aromatic N) is 4. The normalized spacial score (nSPS) is 14.2. The maximum Gasteiger partial charge on any atom is 0.272 e. The van der Waals surface area contributed by atoms with E-state index in [1.807, 2.05) is 13.0 Å². The molecule has 0 saturated carbocycles. The zero-order valence-electron chi connectivity index (χ0n) is 15.2. The highest BCUT2D eigenvalue weighted by atomic mass is 16.6. The molecule has 1 aliphatic heterocycles. The number of furan rings is 1. The van der Waals surface area contributed by atoms with E-state index >= 15 is 0 Å². The lowest BCUT2D eigenvalue weighted by molar-refractivity contribution is -0.384. The van der Waals surface area contributed by atoms with Crippen molar-refractivity contribution in [2.75, 3.05) is 26.3 Å². The van der Waals surface area contributed by atoms with E-state index in [-0.39, 0.29) is 11.6 Å². The number of rotatable bonds is 4. The van der Waals surface area contributed by atoms with Crippen LogP contribution in [0.4, 0.5) is 5.69 Å². The van der Waals surface area contributed by atoms with Gasteiger partial charge in [0.15, 0.2) is 5.76 Å². The summed E-state index contributed by atoms with van der Waals surface area (Å²) < 4.78 is 12.4. The fourth-order valence-corrected chi connectivity index (χ4v) is 3.09. The zero-order valence-corrected chi connectivity index (χ0v) is 15.2. The lowest BCUT2D eigenvalue weighted by Crippen LogP contribution is -2.41. The summed E-state index contributed by atoms with van der Waals surface area (Å²) in [4.78, 5) is 25.5. The van der Waals surface area contributed by atoms with Gasteiger partial charge >= 0.3 is 0 Å². The molecule has 1 fully saturated rings. The van der Waals surface area contributed by atoms with E-state index in [9.17, 15) is 14.9 Å². The van der Waals surface area contributed by atoms with Gasteiger partial charge < -0.3 is 14.1 Å². The fourth-order valence-electron chi connectivity index (χ4n) is 3.09. The Kier molecular flexibility index (Phi) is 4.66. The number of ether oxygens (including phenoxy) is 1. The number of aryl methyl sites for hydroxylation is 1. The molecule has 1 aromatic carbocycles. The maximum atomic E-state index is 13.1. The second kappa shape index (κ2) is 7.28. The van der Waals surface area contributed by atoms with Gasteiger partial charge in [-0.1, -0.05) is 6.07 Å². The highest BCUT2D eigenvalue weighted by Gasteiger charge is 2.25. The van der Waals surface area contributed by atoms with Crippen molar-refractivity contribution in [1.82, 2.24) is 14.7 Å². The third kappa shape index (κ3) is 3.39. The van der Waals surface area contributed by atoms with Crippen LogP contribution in [0.1, 0.15) is 16.2 Å². The number of carbonyl (C=O) groups is 1. The first kappa shape index (κ1) is 17.9. The molecule has 9 nitrogen and oxygen atoms in total. The topological polar surface area (TPSA) is 104 Å². The molecule has 0 spiro atoms. The molecule has 0 atom stereocenters. The number of hydrogen-bond acceptors (Lipinski definition) is 6. The van der Waals surface area contributed by atoms with Crippen LogP contribution in [0.5, 0.6) is 0 Å². The molecule has 3 aromatic rings. The number of morpholine rings is 1. The largest absolute Gasteiger partial charge is 0.460 e. The smallest absolute Gasteiger partial charge is 0.272 e. The highest BCUT2D eigenvalue weighted by Crippen LogP contribution is 2.26. The van der Waals surface area contributed by atoms with Crippen molar-refractivity contribution in [3.63, 3.8) is 0 Å². The molecule has 0 radical (unpaired) electrons. The SMILES string of the molecule is Cc1ccc(-c2cc(C(=O)N3CCOCC3)n(-c3cccc([N+](=O)[O-])c3)n2)o1. The van der Waals surface area contributed by atoms with Gasteiger partial charge in [-0.2, -0.15) is 5.10 Å². The van der Waals surface area contributed by atoms with Gasteiger partial charge in [-0.25, -0.2) is 4.68 Å². The summed E-state index contributed by atoms with van der Waals surface area (Å²) in [6.45, 7) is 3.73. The summed E-state index contributed by atoms with van der Waals surface area (Å²) in [7, 11) is 0. The van der Waals surface area contributed by atoms with Gasteiger partial charge in [0.2, 0.25) is 0 Å². The number of hydrogen-bond donors (Lipinski definition) is 0. The number of benzene rings is 1. The molecule has 0 N–H and O–H groups in total. The van der Waals surface area contributed by atoms with Gasteiger partial charge in [0.05, 0.1) is 23.8 Å². The number of nitro groups is 1. The van der Waals surface area contributed by atoms with E-state index in [0.717, 1.165) is 5.76 Å². The standard InChI is InChI=1S/C19H18N4O5/c1-13-5-6-18(28-13)16-12-17(19(24)21-7-9-27-10-8-21)22(20-16)14-3-2-4-15(11-14)23(25)26/h2-6,11-12H,7-10H2,1H3. The summed E-state index contributed by atoms with van der Waals surface area (Å²) >= 11 is 0. The molecule has 0 aliphatic carbocycles. The van der Waals surface area contributed by atoms with Gasteiger partial charge in [-0.15, -0.1) is 0 Å². The maximum absolute atomic E-state index is 13.1. The van der Waals surface area contributed by atoms with Crippen LogP contribution in [-0.4, -0.2) is 51.8 Å². The fraction of sp³-hybridized carbons (Fsp3) is 0.263. The number of non-ortho nitro benzene ring substituents is 1. The molecular formula is C19H18N4O5. The summed E-state index contributed by atoms with van der Waals surface area (Å²) in [6, 6.07) is 11.3. The van der Waals surface area contributed by atoms with Gasteiger partial charge in [0.25, 0.3) is 11.6 Å². The van der Waals surface area contributed by atoms with Gasteiger partial charge in [0, 0.05) is 31.3 Å². The predicted octanol–water partition coefficient (Wildman–Crippen LogP) is 2.82. The van der Waals surface area contributed by atoms with Crippen LogP contribution in [0.3, 0.4) is 0 Å². The highest BCUT2D eigenvalue weighted by molar-refractivity contribution is 5.94. The quantitative estimate of drug-likeness (QED) is 0.508. The molecule has 1 aliphatic rings. The molecule has 2 aromatic heterocycles. The Hall–Kier alpha value is -3.46. The lowest BCUT2D eigenvalue weighted by atomic mass is 10.2. The minimum absolute atomic E-state index is 0.0758. The first-order valence-corrected chi connectivity index (χ1v) is 8.81. The molecule has 4 rings (SSSR count). The van der Waals surface area contributed by atoms with Crippen LogP contribution in [0.25, 0.3) is 17.1 Å². The van der Waals surface area contributed by atoms with Gasteiger partial charge in [-0.05, 0) is 25.1 Å². The van der Waals surface area contributed by atoms with Crippen molar-refractivity contribution in [2.24, 2.45) is 0 Å². The molecule has 1 amide bonds. The number of amides is 1. The van der Waals surface area contributed by atoms with Crippen LogP contribution >= 0.6 is 0 Å². The molecule has 0 unspecified atom stereocenters. The summed E-state index contributed by atoms with van der Waals surface area (Å²) in [5.41, 5.74) is 1.15. The molecule has 0 bridgehead atoms. The van der Waals surface area contributed by atoms with E-state index in [0.29, 0.717) is 49.1 Å². The third-order valence-electron chi connectivity index (χ3n) is 4.50. The summed E-state index contributed by atoms with van der Waals surface area (Å²) in [5.74, 6) is 1.04. The Morgan fingerprint density at radius 3 is 2.64 bits per heavy atom. The minimum atomic E-state index is -0.479.